The molecule has 2 amide bonds. The topological polar surface area (TPSA) is 86.8 Å². The number of anilines is 1. The molecule has 4 rings (SSSR count). The molecule has 0 saturated carbocycles. The van der Waals surface area contributed by atoms with Gasteiger partial charge in [-0.3, -0.25) is 13.9 Å². The van der Waals surface area contributed by atoms with Gasteiger partial charge in [0.2, 0.25) is 11.8 Å². The van der Waals surface area contributed by atoms with Crippen LogP contribution in [0.4, 0.5) is 10.1 Å². The normalized spacial score (nSPS) is 11.9. The highest BCUT2D eigenvalue weighted by atomic mass is 35.5. The van der Waals surface area contributed by atoms with E-state index in [0.29, 0.717) is 23.6 Å². The molecule has 0 radical (unpaired) electrons. The standard InChI is InChI=1S/C33H33ClFN3O4S/c1-2-21-36-33(40)31(22-25-11-5-3-6-12-25)37(23-26-13-9-10-16-30(26)34)32(39)24-38(28-14-7-4-8-15-28)43(41,42)29-19-17-27(35)18-20-29/h3-20,31H,2,21-24H2,1H3,(H,36,40)/t31-/m1/s1. The van der Waals surface area contributed by atoms with E-state index in [1.165, 1.54) is 4.90 Å². The number of amides is 2. The summed E-state index contributed by atoms with van der Waals surface area (Å²) >= 11 is 6.49. The number of hydrogen-bond donors (Lipinski definition) is 1. The third-order valence-corrected chi connectivity index (χ3v) is 9.00. The number of sulfonamides is 1. The van der Waals surface area contributed by atoms with Crippen LogP contribution in [0.3, 0.4) is 0 Å². The minimum Gasteiger partial charge on any atom is -0.354 e. The predicted molar refractivity (Wildman–Crippen MR) is 167 cm³/mol. The minimum atomic E-state index is -4.31. The van der Waals surface area contributed by atoms with Gasteiger partial charge in [0, 0.05) is 24.5 Å². The average Bonchev–Trinajstić information content (AvgIpc) is 3.02. The first-order chi connectivity index (χ1) is 20.7. The van der Waals surface area contributed by atoms with E-state index in [1.807, 2.05) is 37.3 Å². The molecule has 0 bridgehead atoms. The van der Waals surface area contributed by atoms with E-state index in [2.05, 4.69) is 5.32 Å². The zero-order valence-corrected chi connectivity index (χ0v) is 25.3. The molecular formula is C33H33ClFN3O4S. The van der Waals surface area contributed by atoms with Crippen molar-refractivity contribution in [1.82, 2.24) is 10.2 Å². The summed E-state index contributed by atoms with van der Waals surface area (Å²) in [4.78, 5) is 29.2. The van der Waals surface area contributed by atoms with Gasteiger partial charge in [0.05, 0.1) is 10.6 Å². The van der Waals surface area contributed by atoms with Gasteiger partial charge in [-0.15, -0.1) is 0 Å². The van der Waals surface area contributed by atoms with Crippen molar-refractivity contribution in [2.75, 3.05) is 17.4 Å². The van der Waals surface area contributed by atoms with E-state index in [0.717, 1.165) is 34.1 Å². The molecule has 224 valence electrons. The second-order valence-electron chi connectivity index (χ2n) is 9.91. The van der Waals surface area contributed by atoms with Crippen LogP contribution in [0, 0.1) is 5.82 Å². The molecule has 43 heavy (non-hydrogen) atoms. The zero-order valence-electron chi connectivity index (χ0n) is 23.7. The molecule has 0 aromatic heterocycles. The van der Waals surface area contributed by atoms with E-state index in [9.17, 15) is 22.4 Å². The van der Waals surface area contributed by atoms with Gasteiger partial charge in [0.1, 0.15) is 18.4 Å². The molecule has 4 aromatic rings. The fraction of sp³-hybridized carbons (Fsp3) is 0.212. The molecule has 4 aromatic carbocycles. The SMILES string of the molecule is CCCNC(=O)[C@@H](Cc1ccccc1)N(Cc1ccccc1Cl)C(=O)CN(c1ccccc1)S(=O)(=O)c1ccc(F)cc1. The second kappa shape index (κ2) is 14.8. The lowest BCUT2D eigenvalue weighted by Gasteiger charge is -2.34. The largest absolute Gasteiger partial charge is 0.354 e. The first kappa shape index (κ1) is 31.7. The van der Waals surface area contributed by atoms with Crippen LogP contribution >= 0.6 is 11.6 Å². The van der Waals surface area contributed by atoms with Crippen LogP contribution in [-0.4, -0.2) is 44.3 Å². The molecule has 0 aliphatic rings. The van der Waals surface area contributed by atoms with Crippen LogP contribution in [0.2, 0.25) is 5.02 Å². The quantitative estimate of drug-likeness (QED) is 0.203. The second-order valence-corrected chi connectivity index (χ2v) is 12.2. The summed E-state index contributed by atoms with van der Waals surface area (Å²) in [5.74, 6) is -1.56. The highest BCUT2D eigenvalue weighted by molar-refractivity contribution is 7.92. The van der Waals surface area contributed by atoms with E-state index < -0.39 is 34.3 Å². The Morgan fingerprint density at radius 3 is 2.09 bits per heavy atom. The van der Waals surface area contributed by atoms with Gasteiger partial charge in [-0.2, -0.15) is 0 Å². The van der Waals surface area contributed by atoms with Crippen LogP contribution in [0.25, 0.3) is 0 Å². The van der Waals surface area contributed by atoms with Crippen molar-refractivity contribution in [3.8, 4) is 0 Å². The van der Waals surface area contributed by atoms with Gasteiger partial charge in [0.15, 0.2) is 0 Å². The third-order valence-electron chi connectivity index (χ3n) is 6.84. The summed E-state index contributed by atoms with van der Waals surface area (Å²) in [5, 5.41) is 3.31. The number of para-hydroxylation sites is 1. The molecule has 0 aliphatic carbocycles. The van der Waals surface area contributed by atoms with Gasteiger partial charge in [0.25, 0.3) is 10.0 Å². The predicted octanol–water partition coefficient (Wildman–Crippen LogP) is 5.84. The van der Waals surface area contributed by atoms with Gasteiger partial charge in [-0.05, 0) is 60.0 Å². The highest BCUT2D eigenvalue weighted by Crippen LogP contribution is 2.26. The third kappa shape index (κ3) is 8.21. The minimum absolute atomic E-state index is 0.0330. The summed E-state index contributed by atoms with van der Waals surface area (Å²) in [6.45, 7) is 1.69. The maximum absolute atomic E-state index is 14.3. The van der Waals surface area contributed by atoms with Crippen LogP contribution in [-0.2, 0) is 32.6 Å². The van der Waals surface area contributed by atoms with E-state index in [1.54, 1.807) is 54.6 Å². The maximum atomic E-state index is 14.3. The van der Waals surface area contributed by atoms with Crippen LogP contribution in [0.5, 0.6) is 0 Å². The Bertz CT molecular complexity index is 1620. The van der Waals surface area contributed by atoms with E-state index >= 15 is 0 Å². The Kier molecular flexibility index (Phi) is 10.9. The summed E-state index contributed by atoms with van der Waals surface area (Å²) in [5.41, 5.74) is 1.68. The summed E-state index contributed by atoms with van der Waals surface area (Å²) < 4.78 is 42.4. The summed E-state index contributed by atoms with van der Waals surface area (Å²) in [6.07, 6.45) is 0.891. The van der Waals surface area contributed by atoms with Gasteiger partial charge in [-0.1, -0.05) is 85.3 Å². The fourth-order valence-corrected chi connectivity index (χ4v) is 6.20. The molecule has 1 N–H and O–H groups in total. The maximum Gasteiger partial charge on any atom is 0.264 e. The number of halogens is 2. The number of benzene rings is 4. The number of carbonyl (C=O) groups excluding carboxylic acids is 2. The number of rotatable bonds is 13. The molecule has 0 fully saturated rings. The van der Waals surface area contributed by atoms with Crippen molar-refractivity contribution in [2.45, 2.75) is 37.2 Å². The first-order valence-electron chi connectivity index (χ1n) is 13.9. The van der Waals surface area contributed by atoms with Crippen molar-refractivity contribution in [2.24, 2.45) is 0 Å². The van der Waals surface area contributed by atoms with Gasteiger partial charge in [-0.25, -0.2) is 12.8 Å². The lowest BCUT2D eigenvalue weighted by Crippen LogP contribution is -2.53. The molecule has 10 heteroatoms. The lowest BCUT2D eigenvalue weighted by atomic mass is 10.0. The first-order valence-corrected chi connectivity index (χ1v) is 15.7. The van der Waals surface area contributed by atoms with E-state index in [-0.39, 0.29) is 29.5 Å². The molecule has 0 saturated heterocycles. The number of nitrogens with one attached hydrogen (secondary N) is 1. The Labute approximate surface area is 257 Å². The van der Waals surface area contributed by atoms with Crippen LogP contribution in [0.15, 0.2) is 114 Å². The summed E-state index contributed by atoms with van der Waals surface area (Å²) in [6, 6.07) is 27.9. The highest BCUT2D eigenvalue weighted by Gasteiger charge is 2.34. The van der Waals surface area contributed by atoms with E-state index in [4.69, 9.17) is 11.6 Å². The summed E-state index contributed by atoms with van der Waals surface area (Å²) in [7, 11) is -4.31. The molecule has 7 nitrogen and oxygen atoms in total. The van der Waals surface area contributed by atoms with Gasteiger partial charge >= 0.3 is 0 Å². The molecule has 1 atom stereocenters. The monoisotopic (exact) mass is 621 g/mol. The average molecular weight is 622 g/mol. The van der Waals surface area contributed by atoms with Crippen LogP contribution in [0.1, 0.15) is 24.5 Å². The molecule has 0 heterocycles. The number of hydrogen-bond acceptors (Lipinski definition) is 4. The lowest BCUT2D eigenvalue weighted by molar-refractivity contribution is -0.140. The fourth-order valence-electron chi connectivity index (χ4n) is 4.59. The Hall–Kier alpha value is -4.21. The van der Waals surface area contributed by atoms with Crippen molar-refractivity contribution < 1.29 is 22.4 Å². The molecule has 0 spiro atoms. The van der Waals surface area contributed by atoms with Crippen molar-refractivity contribution in [3.05, 3.63) is 131 Å². The number of nitrogens with zero attached hydrogens (tertiary/aromatic N) is 2. The molecule has 0 aliphatic heterocycles. The van der Waals surface area contributed by atoms with Crippen molar-refractivity contribution >= 4 is 39.1 Å². The molecule has 0 unspecified atom stereocenters. The Balaban J connectivity index is 1.78. The van der Waals surface area contributed by atoms with Crippen LogP contribution < -0.4 is 9.62 Å². The van der Waals surface area contributed by atoms with Gasteiger partial charge < -0.3 is 10.2 Å². The van der Waals surface area contributed by atoms with Crippen molar-refractivity contribution in [3.63, 3.8) is 0 Å². The van der Waals surface area contributed by atoms with Crippen molar-refractivity contribution in [1.29, 1.82) is 0 Å². The Morgan fingerprint density at radius 1 is 0.860 bits per heavy atom. The Morgan fingerprint density at radius 2 is 1.47 bits per heavy atom. The molecular weight excluding hydrogens is 589 g/mol. The number of carbonyl (C=O) groups is 2. The zero-order chi connectivity index (χ0) is 30.8. The smallest absolute Gasteiger partial charge is 0.264 e.